The van der Waals surface area contributed by atoms with E-state index in [1.807, 2.05) is 13.8 Å². The van der Waals surface area contributed by atoms with Crippen molar-refractivity contribution in [2.75, 3.05) is 23.6 Å². The van der Waals surface area contributed by atoms with Gasteiger partial charge >= 0.3 is 0 Å². The Morgan fingerprint density at radius 1 is 1.33 bits per heavy atom. The van der Waals surface area contributed by atoms with Crippen molar-refractivity contribution in [1.82, 2.24) is 10.3 Å². The summed E-state index contributed by atoms with van der Waals surface area (Å²) in [5, 5.41) is 3.17. The van der Waals surface area contributed by atoms with E-state index in [1.165, 1.54) is 0 Å². The molecule has 1 heterocycles. The summed E-state index contributed by atoms with van der Waals surface area (Å²) in [6.45, 7) is 5.64. The Balaban J connectivity index is 2.40. The molecule has 1 aromatic heterocycles. The maximum absolute atomic E-state index is 11.8. The number of hydrogen-bond donors (Lipinski definition) is 2. The zero-order chi connectivity index (χ0) is 13.4. The first-order valence-electron chi connectivity index (χ1n) is 6.17. The third-order valence-corrected chi connectivity index (χ3v) is 3.81. The van der Waals surface area contributed by atoms with Crippen molar-refractivity contribution < 1.29 is 8.42 Å². The van der Waals surface area contributed by atoms with Crippen molar-refractivity contribution in [1.29, 1.82) is 0 Å². The van der Waals surface area contributed by atoms with Crippen LogP contribution in [0.4, 0.5) is 5.69 Å². The number of unbranched alkanes of at least 4 members (excludes halogenated alkanes) is 1. The quantitative estimate of drug-likeness (QED) is 0.703. The van der Waals surface area contributed by atoms with Crippen molar-refractivity contribution in [3.8, 4) is 0 Å². The van der Waals surface area contributed by atoms with E-state index in [2.05, 4.69) is 15.0 Å². The van der Waals surface area contributed by atoms with E-state index in [0.29, 0.717) is 12.1 Å². The zero-order valence-corrected chi connectivity index (χ0v) is 11.8. The lowest BCUT2D eigenvalue weighted by atomic mass is 10.3. The summed E-state index contributed by atoms with van der Waals surface area (Å²) < 4.78 is 26.1. The number of aromatic nitrogens is 1. The lowest BCUT2D eigenvalue weighted by Gasteiger charge is -2.08. The molecule has 18 heavy (non-hydrogen) atoms. The second-order valence-corrected chi connectivity index (χ2v) is 6.01. The van der Waals surface area contributed by atoms with Gasteiger partial charge in [-0.15, -0.1) is 0 Å². The number of nitrogens with zero attached hydrogens (tertiary/aromatic N) is 1. The Bertz CT molecular complexity index is 460. The van der Waals surface area contributed by atoms with Gasteiger partial charge in [-0.2, -0.15) is 0 Å². The van der Waals surface area contributed by atoms with Gasteiger partial charge in [0.1, 0.15) is 0 Å². The third kappa shape index (κ3) is 5.97. The molecule has 6 heteroatoms. The number of sulfonamides is 1. The Kier molecular flexibility index (Phi) is 6.07. The molecule has 5 nitrogen and oxygen atoms in total. The van der Waals surface area contributed by atoms with Gasteiger partial charge in [-0.1, -0.05) is 6.92 Å². The minimum absolute atomic E-state index is 0.153. The van der Waals surface area contributed by atoms with Crippen LogP contribution in [0.5, 0.6) is 0 Å². The molecule has 2 N–H and O–H groups in total. The molecule has 0 saturated heterocycles. The molecule has 1 aromatic rings. The molecule has 0 saturated carbocycles. The van der Waals surface area contributed by atoms with Gasteiger partial charge in [0.25, 0.3) is 0 Å². The minimum atomic E-state index is -3.24. The molecule has 0 aliphatic carbocycles. The summed E-state index contributed by atoms with van der Waals surface area (Å²) in [6, 6.07) is 3.37. The molecule has 102 valence electrons. The van der Waals surface area contributed by atoms with Crippen molar-refractivity contribution in [3.63, 3.8) is 0 Å². The number of hydrogen-bond acceptors (Lipinski definition) is 4. The highest BCUT2D eigenvalue weighted by molar-refractivity contribution is 7.92. The van der Waals surface area contributed by atoms with Crippen LogP contribution in [0.1, 0.15) is 25.5 Å². The maximum Gasteiger partial charge on any atom is 0.232 e. The van der Waals surface area contributed by atoms with E-state index < -0.39 is 10.0 Å². The van der Waals surface area contributed by atoms with Crippen molar-refractivity contribution in [3.05, 3.63) is 24.0 Å². The van der Waals surface area contributed by atoms with Crippen LogP contribution in [0.2, 0.25) is 0 Å². The second kappa shape index (κ2) is 7.33. The van der Waals surface area contributed by atoms with Crippen LogP contribution in [-0.4, -0.2) is 32.2 Å². The molecule has 0 unspecified atom stereocenters. The molecule has 0 amide bonds. The normalized spacial score (nSPS) is 11.4. The molecule has 1 rings (SSSR count). The number of anilines is 1. The van der Waals surface area contributed by atoms with Gasteiger partial charge in [-0.25, -0.2) is 8.42 Å². The predicted octanol–water partition coefficient (Wildman–Crippen LogP) is 1.52. The first kappa shape index (κ1) is 14.9. The highest BCUT2D eigenvalue weighted by atomic mass is 32.2. The number of rotatable bonds is 8. The maximum atomic E-state index is 11.8. The van der Waals surface area contributed by atoms with Crippen LogP contribution in [-0.2, 0) is 10.0 Å². The van der Waals surface area contributed by atoms with E-state index in [1.54, 1.807) is 18.3 Å². The Hall–Kier alpha value is -1.14. The average molecular weight is 271 g/mol. The summed E-state index contributed by atoms with van der Waals surface area (Å²) >= 11 is 0. The van der Waals surface area contributed by atoms with Gasteiger partial charge in [0.15, 0.2) is 0 Å². The Morgan fingerprint density at radius 3 is 2.78 bits per heavy atom. The predicted molar refractivity (Wildman–Crippen MR) is 74.2 cm³/mol. The standard InChI is InChI=1S/C12H21N3O2S/c1-3-13-7-4-5-9-18(16,17)15-12-6-8-14-11(2)10-12/h6,8,10,13H,3-5,7,9H2,1-2H3,(H,14,15). The first-order chi connectivity index (χ1) is 8.53. The molecular weight excluding hydrogens is 250 g/mol. The Labute approximate surface area is 109 Å². The highest BCUT2D eigenvalue weighted by Crippen LogP contribution is 2.10. The first-order valence-corrected chi connectivity index (χ1v) is 7.82. The lowest BCUT2D eigenvalue weighted by molar-refractivity contribution is 0.593. The average Bonchev–Trinajstić information content (AvgIpc) is 2.28. The largest absolute Gasteiger partial charge is 0.317 e. The van der Waals surface area contributed by atoms with E-state index in [0.717, 1.165) is 25.2 Å². The SMILES string of the molecule is CCNCCCCS(=O)(=O)Nc1ccnc(C)c1. The Morgan fingerprint density at radius 2 is 2.11 bits per heavy atom. The molecule has 0 radical (unpaired) electrons. The van der Waals surface area contributed by atoms with Gasteiger partial charge < -0.3 is 5.32 Å². The van der Waals surface area contributed by atoms with Crippen LogP contribution in [0.15, 0.2) is 18.3 Å². The van der Waals surface area contributed by atoms with E-state index in [-0.39, 0.29) is 5.75 Å². The fraction of sp³-hybridized carbons (Fsp3) is 0.583. The van der Waals surface area contributed by atoms with E-state index in [9.17, 15) is 8.42 Å². The molecule has 0 atom stereocenters. The summed E-state index contributed by atoms with van der Waals surface area (Å²) in [6.07, 6.45) is 3.12. The smallest absolute Gasteiger partial charge is 0.232 e. The third-order valence-electron chi connectivity index (χ3n) is 2.44. The highest BCUT2D eigenvalue weighted by Gasteiger charge is 2.09. The molecule has 0 aliphatic heterocycles. The fourth-order valence-electron chi connectivity index (χ4n) is 1.56. The molecular formula is C12H21N3O2S. The van der Waals surface area contributed by atoms with Gasteiger partial charge in [0.2, 0.25) is 10.0 Å². The topological polar surface area (TPSA) is 71.1 Å². The summed E-state index contributed by atoms with van der Waals surface area (Å²) in [4.78, 5) is 4.02. The van der Waals surface area contributed by atoms with Gasteiger partial charge in [-0.3, -0.25) is 9.71 Å². The molecule has 0 fully saturated rings. The number of pyridine rings is 1. The second-order valence-electron chi connectivity index (χ2n) is 4.17. The van der Waals surface area contributed by atoms with Gasteiger partial charge in [0, 0.05) is 11.9 Å². The molecule has 0 bridgehead atoms. The summed E-state index contributed by atoms with van der Waals surface area (Å²) in [5.41, 5.74) is 1.37. The van der Waals surface area contributed by atoms with Crippen LogP contribution >= 0.6 is 0 Å². The fourth-order valence-corrected chi connectivity index (χ4v) is 2.73. The molecule has 0 spiro atoms. The van der Waals surface area contributed by atoms with Crippen LogP contribution in [0.25, 0.3) is 0 Å². The van der Waals surface area contributed by atoms with Gasteiger partial charge in [-0.05, 0) is 45.0 Å². The van der Waals surface area contributed by atoms with Gasteiger partial charge in [0.05, 0.1) is 11.4 Å². The monoisotopic (exact) mass is 271 g/mol. The van der Waals surface area contributed by atoms with Crippen molar-refractivity contribution >= 4 is 15.7 Å². The van der Waals surface area contributed by atoms with Crippen molar-refractivity contribution in [2.45, 2.75) is 26.7 Å². The number of nitrogens with one attached hydrogen (secondary N) is 2. The lowest BCUT2D eigenvalue weighted by Crippen LogP contribution is -2.19. The van der Waals surface area contributed by atoms with Crippen molar-refractivity contribution in [2.24, 2.45) is 0 Å². The summed E-state index contributed by atoms with van der Waals surface area (Å²) in [7, 11) is -3.24. The summed E-state index contributed by atoms with van der Waals surface area (Å²) in [5.74, 6) is 0.153. The van der Waals surface area contributed by atoms with Crippen LogP contribution in [0, 0.1) is 6.92 Å². The minimum Gasteiger partial charge on any atom is -0.317 e. The van der Waals surface area contributed by atoms with E-state index in [4.69, 9.17) is 0 Å². The van der Waals surface area contributed by atoms with Crippen LogP contribution in [0.3, 0.4) is 0 Å². The molecule has 0 aromatic carbocycles. The van der Waals surface area contributed by atoms with Crippen LogP contribution < -0.4 is 10.0 Å². The molecule has 0 aliphatic rings. The van der Waals surface area contributed by atoms with E-state index >= 15 is 0 Å². The zero-order valence-electron chi connectivity index (χ0n) is 10.9. The number of aryl methyl sites for hydroxylation is 1.